The molecule has 116 valence electrons. The molecule has 0 atom stereocenters. The lowest BCUT2D eigenvalue weighted by Crippen LogP contribution is -2.41. The molecule has 1 N–H and O–H groups in total. The van der Waals surface area contributed by atoms with E-state index in [0.29, 0.717) is 19.0 Å². The number of rotatable bonds is 5. The molecule has 0 spiro atoms. The van der Waals surface area contributed by atoms with Gasteiger partial charge in [-0.25, -0.2) is 4.98 Å². The average Bonchev–Trinajstić information content (AvgIpc) is 3.09. The summed E-state index contributed by atoms with van der Waals surface area (Å²) < 4.78 is 12.7. The predicted octanol–water partition coefficient (Wildman–Crippen LogP) is 1.55. The lowest BCUT2D eigenvalue weighted by atomic mass is 10.1. The third-order valence-corrected chi connectivity index (χ3v) is 3.58. The molecule has 0 bridgehead atoms. The zero-order valence-electron chi connectivity index (χ0n) is 12.3. The molecule has 2 heterocycles. The summed E-state index contributed by atoms with van der Waals surface area (Å²) in [6.07, 6.45) is 7.02. The van der Waals surface area contributed by atoms with Gasteiger partial charge in [0, 0.05) is 37.7 Å². The molecule has 3 rings (SSSR count). The van der Waals surface area contributed by atoms with Crippen LogP contribution in [0, 0.1) is 0 Å². The number of nitrogens with zero attached hydrogens (tertiary/aromatic N) is 2. The van der Waals surface area contributed by atoms with Gasteiger partial charge in [-0.15, -0.1) is 0 Å². The summed E-state index contributed by atoms with van der Waals surface area (Å²) in [5, 5.41) is 2.97. The normalized spacial score (nSPS) is 15.5. The Balaban J connectivity index is 1.52. The Morgan fingerprint density at radius 1 is 1.41 bits per heavy atom. The first kappa shape index (κ1) is 14.6. The smallest absolute Gasteiger partial charge is 0.258 e. The SMILES string of the molecule is O=C(COc1cccc(-n2ccnc2)c1)NC1CCOCC1. The number of imidazole rings is 1. The Labute approximate surface area is 129 Å². The Morgan fingerprint density at radius 2 is 2.27 bits per heavy atom. The topological polar surface area (TPSA) is 65.4 Å². The zero-order valence-corrected chi connectivity index (χ0v) is 12.3. The van der Waals surface area contributed by atoms with Crippen LogP contribution in [0.4, 0.5) is 0 Å². The average molecular weight is 301 g/mol. The van der Waals surface area contributed by atoms with E-state index in [9.17, 15) is 4.79 Å². The van der Waals surface area contributed by atoms with Gasteiger partial charge >= 0.3 is 0 Å². The third kappa shape index (κ3) is 3.85. The highest BCUT2D eigenvalue weighted by Crippen LogP contribution is 2.16. The standard InChI is InChI=1S/C16H19N3O3/c20-16(18-13-4-8-21-9-5-13)11-22-15-3-1-2-14(10-15)19-7-6-17-12-19/h1-3,6-7,10,12-13H,4-5,8-9,11H2,(H,18,20). The van der Waals surface area contributed by atoms with Crippen LogP contribution < -0.4 is 10.1 Å². The quantitative estimate of drug-likeness (QED) is 0.910. The van der Waals surface area contributed by atoms with Crippen molar-refractivity contribution in [3.8, 4) is 11.4 Å². The monoisotopic (exact) mass is 301 g/mol. The fourth-order valence-corrected chi connectivity index (χ4v) is 2.41. The molecule has 1 aromatic heterocycles. The Morgan fingerprint density at radius 3 is 3.05 bits per heavy atom. The third-order valence-electron chi connectivity index (χ3n) is 3.58. The van der Waals surface area contributed by atoms with Crippen LogP contribution >= 0.6 is 0 Å². The second-order valence-electron chi connectivity index (χ2n) is 5.21. The summed E-state index contributed by atoms with van der Waals surface area (Å²) in [6.45, 7) is 1.43. The van der Waals surface area contributed by atoms with E-state index in [0.717, 1.165) is 18.5 Å². The van der Waals surface area contributed by atoms with Gasteiger partial charge in [0.05, 0.1) is 12.0 Å². The van der Waals surface area contributed by atoms with Gasteiger partial charge in [-0.2, -0.15) is 0 Å². The number of benzene rings is 1. The molecule has 1 aliphatic rings. The van der Waals surface area contributed by atoms with Crippen LogP contribution in [0.5, 0.6) is 5.75 Å². The van der Waals surface area contributed by atoms with Crippen LogP contribution in [0.25, 0.3) is 5.69 Å². The second-order valence-corrected chi connectivity index (χ2v) is 5.21. The summed E-state index contributed by atoms with van der Waals surface area (Å²) in [4.78, 5) is 15.9. The summed E-state index contributed by atoms with van der Waals surface area (Å²) in [6, 6.07) is 7.76. The van der Waals surface area contributed by atoms with Gasteiger partial charge in [0.2, 0.25) is 0 Å². The van der Waals surface area contributed by atoms with Crippen LogP contribution in [-0.4, -0.2) is 41.3 Å². The molecule has 1 amide bonds. The first-order valence-corrected chi connectivity index (χ1v) is 7.39. The van der Waals surface area contributed by atoms with Crippen LogP contribution in [0.1, 0.15) is 12.8 Å². The lowest BCUT2D eigenvalue weighted by molar-refractivity contribution is -0.124. The van der Waals surface area contributed by atoms with Gasteiger partial charge in [0.1, 0.15) is 5.75 Å². The summed E-state index contributed by atoms with van der Waals surface area (Å²) in [7, 11) is 0. The van der Waals surface area contributed by atoms with E-state index in [1.165, 1.54) is 0 Å². The highest BCUT2D eigenvalue weighted by Gasteiger charge is 2.16. The fourth-order valence-electron chi connectivity index (χ4n) is 2.41. The van der Waals surface area contributed by atoms with Crippen LogP contribution in [0.3, 0.4) is 0 Å². The van der Waals surface area contributed by atoms with Gasteiger partial charge < -0.3 is 19.4 Å². The van der Waals surface area contributed by atoms with Crippen LogP contribution in [-0.2, 0) is 9.53 Å². The minimum atomic E-state index is -0.0973. The molecule has 1 saturated heterocycles. The Hall–Kier alpha value is -2.34. The Kier molecular flexibility index (Phi) is 4.70. The van der Waals surface area contributed by atoms with E-state index in [1.54, 1.807) is 12.5 Å². The molecule has 6 nitrogen and oxygen atoms in total. The number of aromatic nitrogens is 2. The maximum absolute atomic E-state index is 11.9. The summed E-state index contributed by atoms with van der Waals surface area (Å²) in [5.41, 5.74) is 0.944. The first-order valence-electron chi connectivity index (χ1n) is 7.39. The number of carbonyl (C=O) groups is 1. The fraction of sp³-hybridized carbons (Fsp3) is 0.375. The van der Waals surface area contributed by atoms with Gasteiger partial charge in [0.15, 0.2) is 6.61 Å². The van der Waals surface area contributed by atoms with E-state index >= 15 is 0 Å². The molecule has 0 aliphatic carbocycles. The van der Waals surface area contributed by atoms with E-state index in [2.05, 4.69) is 10.3 Å². The van der Waals surface area contributed by atoms with E-state index < -0.39 is 0 Å². The molecule has 1 aliphatic heterocycles. The van der Waals surface area contributed by atoms with Crippen molar-refractivity contribution in [2.24, 2.45) is 0 Å². The molecule has 1 aromatic carbocycles. The molecule has 22 heavy (non-hydrogen) atoms. The minimum Gasteiger partial charge on any atom is -0.484 e. The molecule has 6 heteroatoms. The van der Waals surface area contributed by atoms with Gasteiger partial charge in [0.25, 0.3) is 5.91 Å². The summed E-state index contributed by atoms with van der Waals surface area (Å²) in [5.74, 6) is 0.563. The molecular weight excluding hydrogens is 282 g/mol. The van der Waals surface area contributed by atoms with E-state index in [-0.39, 0.29) is 18.6 Å². The van der Waals surface area contributed by atoms with E-state index in [1.807, 2.05) is 35.0 Å². The number of amides is 1. The highest BCUT2D eigenvalue weighted by atomic mass is 16.5. The van der Waals surface area contributed by atoms with Gasteiger partial charge in [-0.3, -0.25) is 4.79 Å². The van der Waals surface area contributed by atoms with Crippen molar-refractivity contribution in [2.75, 3.05) is 19.8 Å². The second kappa shape index (κ2) is 7.09. The zero-order chi connectivity index (χ0) is 15.2. The van der Waals surface area contributed by atoms with Crippen molar-refractivity contribution in [3.05, 3.63) is 43.0 Å². The predicted molar refractivity (Wildman–Crippen MR) is 81.0 cm³/mol. The molecular formula is C16H19N3O3. The molecule has 0 unspecified atom stereocenters. The number of nitrogens with one attached hydrogen (secondary N) is 1. The molecule has 2 aromatic rings. The van der Waals surface area contributed by atoms with Crippen molar-refractivity contribution in [3.63, 3.8) is 0 Å². The number of ether oxygens (including phenoxy) is 2. The van der Waals surface area contributed by atoms with Crippen LogP contribution in [0.2, 0.25) is 0 Å². The van der Waals surface area contributed by atoms with Gasteiger partial charge in [-0.05, 0) is 25.0 Å². The lowest BCUT2D eigenvalue weighted by Gasteiger charge is -2.23. The Bertz CT molecular complexity index is 607. The first-order chi connectivity index (χ1) is 10.8. The van der Waals surface area contributed by atoms with Crippen molar-refractivity contribution in [1.29, 1.82) is 0 Å². The number of hydrogen-bond acceptors (Lipinski definition) is 4. The highest BCUT2D eigenvalue weighted by molar-refractivity contribution is 5.77. The number of carbonyl (C=O) groups excluding carboxylic acids is 1. The van der Waals surface area contributed by atoms with E-state index in [4.69, 9.17) is 9.47 Å². The van der Waals surface area contributed by atoms with Gasteiger partial charge in [-0.1, -0.05) is 6.07 Å². The van der Waals surface area contributed by atoms with Crippen molar-refractivity contribution in [2.45, 2.75) is 18.9 Å². The van der Waals surface area contributed by atoms with Crippen molar-refractivity contribution >= 4 is 5.91 Å². The van der Waals surface area contributed by atoms with Crippen molar-refractivity contribution in [1.82, 2.24) is 14.9 Å². The maximum Gasteiger partial charge on any atom is 0.258 e. The minimum absolute atomic E-state index is 0.0186. The molecule has 0 saturated carbocycles. The van der Waals surface area contributed by atoms with Crippen LogP contribution in [0.15, 0.2) is 43.0 Å². The molecule has 1 fully saturated rings. The van der Waals surface area contributed by atoms with Crippen molar-refractivity contribution < 1.29 is 14.3 Å². The largest absolute Gasteiger partial charge is 0.484 e. The number of hydrogen-bond donors (Lipinski definition) is 1. The maximum atomic E-state index is 11.9. The summed E-state index contributed by atoms with van der Waals surface area (Å²) >= 11 is 0. The molecule has 0 radical (unpaired) electrons.